The van der Waals surface area contributed by atoms with Crippen molar-refractivity contribution in [2.45, 2.75) is 24.3 Å². The molecule has 0 saturated heterocycles. The highest BCUT2D eigenvalue weighted by Crippen LogP contribution is 2.30. The number of fused-ring (bicyclic) bond motifs is 2. The molecule has 0 aliphatic carbocycles. The van der Waals surface area contributed by atoms with Gasteiger partial charge in [0, 0.05) is 33.6 Å². The highest BCUT2D eigenvalue weighted by atomic mass is 35.5. The Bertz CT molecular complexity index is 1230. The molecule has 2 N–H and O–H groups in total. The number of benzene rings is 3. The van der Waals surface area contributed by atoms with Crippen LogP contribution in [0.4, 0.5) is 0 Å². The number of hydrogen-bond acceptors (Lipinski definition) is 2. The lowest BCUT2D eigenvalue weighted by molar-refractivity contribution is 0.561. The number of para-hydroxylation sites is 1. The van der Waals surface area contributed by atoms with Crippen molar-refractivity contribution in [3.05, 3.63) is 77.4 Å². The van der Waals surface area contributed by atoms with Crippen LogP contribution in [0.15, 0.2) is 71.8 Å². The van der Waals surface area contributed by atoms with Crippen molar-refractivity contribution >= 4 is 43.3 Å². The van der Waals surface area contributed by atoms with E-state index in [1.165, 1.54) is 0 Å². The highest BCUT2D eigenvalue weighted by molar-refractivity contribution is 7.89. The number of aromatic nitrogens is 1. The summed E-state index contributed by atoms with van der Waals surface area (Å²) in [5, 5.41) is 2.89. The average molecular weight is 399 g/mol. The molecule has 4 aromatic rings. The van der Waals surface area contributed by atoms with E-state index in [9.17, 15) is 8.42 Å². The summed E-state index contributed by atoms with van der Waals surface area (Å²) in [6.45, 7) is 1.87. The fraction of sp³-hybridized carbons (Fsp3) is 0.143. The first-order chi connectivity index (χ1) is 13.0. The standard InChI is InChI=1S/C21H19ClN2O2S/c1-14(12-16-13-23-19-10-3-2-8-17(16)19)24-27(25,26)20-11-5-7-15-6-4-9-18(22)21(15)20/h2-11,13-14,23-24H,12H2,1H3. The van der Waals surface area contributed by atoms with Crippen molar-refractivity contribution in [1.29, 1.82) is 0 Å². The van der Waals surface area contributed by atoms with Gasteiger partial charge in [-0.3, -0.25) is 0 Å². The molecule has 0 saturated carbocycles. The molecule has 138 valence electrons. The molecule has 4 nitrogen and oxygen atoms in total. The van der Waals surface area contributed by atoms with E-state index in [4.69, 9.17) is 11.6 Å². The fourth-order valence-electron chi connectivity index (χ4n) is 3.49. The van der Waals surface area contributed by atoms with Crippen LogP contribution in [0.2, 0.25) is 5.02 Å². The normalized spacial score (nSPS) is 13.3. The topological polar surface area (TPSA) is 62.0 Å². The SMILES string of the molecule is CC(Cc1c[nH]c2ccccc12)NS(=O)(=O)c1cccc2cccc(Cl)c12. The Kier molecular flexibility index (Phi) is 4.68. The summed E-state index contributed by atoms with van der Waals surface area (Å²) in [5.74, 6) is 0. The molecule has 0 aliphatic rings. The van der Waals surface area contributed by atoms with Crippen LogP contribution in [0, 0.1) is 0 Å². The second-order valence-corrected chi connectivity index (χ2v) is 8.77. The molecule has 6 heteroatoms. The maximum atomic E-state index is 13.0. The quantitative estimate of drug-likeness (QED) is 0.503. The molecular formula is C21H19ClN2O2S. The first-order valence-electron chi connectivity index (χ1n) is 8.70. The lowest BCUT2D eigenvalue weighted by Crippen LogP contribution is -2.34. The first-order valence-corrected chi connectivity index (χ1v) is 10.6. The summed E-state index contributed by atoms with van der Waals surface area (Å²) in [6, 6.07) is 18.3. The second kappa shape index (κ2) is 7.00. The van der Waals surface area contributed by atoms with Crippen LogP contribution >= 0.6 is 11.6 Å². The zero-order valence-electron chi connectivity index (χ0n) is 14.7. The third kappa shape index (κ3) is 3.46. The van der Waals surface area contributed by atoms with Crippen LogP contribution in [0.5, 0.6) is 0 Å². The lowest BCUT2D eigenvalue weighted by Gasteiger charge is -2.16. The van der Waals surface area contributed by atoms with Crippen molar-refractivity contribution in [2.24, 2.45) is 0 Å². The van der Waals surface area contributed by atoms with E-state index >= 15 is 0 Å². The monoisotopic (exact) mass is 398 g/mol. The number of aromatic amines is 1. The van der Waals surface area contributed by atoms with Gasteiger partial charge in [0.1, 0.15) is 0 Å². The van der Waals surface area contributed by atoms with E-state index in [0.717, 1.165) is 21.9 Å². The van der Waals surface area contributed by atoms with Gasteiger partial charge >= 0.3 is 0 Å². The molecule has 1 heterocycles. The van der Waals surface area contributed by atoms with Gasteiger partial charge in [0.15, 0.2) is 0 Å². The van der Waals surface area contributed by atoms with Gasteiger partial charge in [-0.25, -0.2) is 13.1 Å². The maximum absolute atomic E-state index is 13.0. The minimum absolute atomic E-state index is 0.205. The Balaban J connectivity index is 1.64. The Morgan fingerprint density at radius 3 is 2.59 bits per heavy atom. The van der Waals surface area contributed by atoms with Crippen LogP contribution in [0.3, 0.4) is 0 Å². The predicted octanol–water partition coefficient (Wildman–Crippen LogP) is 4.88. The number of H-pyrrole nitrogens is 1. The Hall–Kier alpha value is -2.34. The zero-order chi connectivity index (χ0) is 19.0. The number of rotatable bonds is 5. The second-order valence-electron chi connectivity index (χ2n) is 6.68. The molecule has 3 aromatic carbocycles. The molecule has 0 spiro atoms. The van der Waals surface area contributed by atoms with Gasteiger partial charge in [-0.1, -0.05) is 54.1 Å². The van der Waals surface area contributed by atoms with E-state index in [1.54, 1.807) is 18.2 Å². The van der Waals surface area contributed by atoms with Crippen LogP contribution in [-0.4, -0.2) is 19.4 Å². The van der Waals surface area contributed by atoms with Crippen LogP contribution in [0.25, 0.3) is 21.7 Å². The third-order valence-electron chi connectivity index (χ3n) is 4.66. The third-order valence-corrected chi connectivity index (χ3v) is 6.61. The van der Waals surface area contributed by atoms with Crippen molar-refractivity contribution in [3.63, 3.8) is 0 Å². The van der Waals surface area contributed by atoms with Crippen molar-refractivity contribution in [1.82, 2.24) is 9.71 Å². The van der Waals surface area contributed by atoms with Gasteiger partial charge in [-0.05, 0) is 42.5 Å². The zero-order valence-corrected chi connectivity index (χ0v) is 16.3. The molecule has 0 bridgehead atoms. The van der Waals surface area contributed by atoms with E-state index in [2.05, 4.69) is 9.71 Å². The number of sulfonamides is 1. The Labute approximate surface area is 163 Å². The van der Waals surface area contributed by atoms with Gasteiger partial charge in [-0.15, -0.1) is 0 Å². The Morgan fingerprint density at radius 2 is 1.78 bits per heavy atom. The molecule has 0 amide bonds. The summed E-state index contributed by atoms with van der Waals surface area (Å²) in [4.78, 5) is 3.43. The number of nitrogens with one attached hydrogen (secondary N) is 2. The van der Waals surface area contributed by atoms with Crippen molar-refractivity contribution < 1.29 is 8.42 Å². The largest absolute Gasteiger partial charge is 0.361 e. The van der Waals surface area contributed by atoms with E-state index in [0.29, 0.717) is 16.8 Å². The number of halogens is 1. The van der Waals surface area contributed by atoms with Crippen molar-refractivity contribution in [2.75, 3.05) is 0 Å². The predicted molar refractivity (Wildman–Crippen MR) is 111 cm³/mol. The van der Waals surface area contributed by atoms with Gasteiger partial charge < -0.3 is 4.98 Å². The van der Waals surface area contributed by atoms with Crippen LogP contribution in [-0.2, 0) is 16.4 Å². The first kappa shape index (κ1) is 18.0. The smallest absolute Gasteiger partial charge is 0.241 e. The molecule has 0 radical (unpaired) electrons. The molecule has 1 aromatic heterocycles. The summed E-state index contributed by atoms with van der Waals surface area (Å²) in [7, 11) is -3.71. The highest BCUT2D eigenvalue weighted by Gasteiger charge is 2.21. The molecule has 4 rings (SSSR count). The molecule has 27 heavy (non-hydrogen) atoms. The number of hydrogen-bond donors (Lipinski definition) is 2. The summed E-state index contributed by atoms with van der Waals surface area (Å²) < 4.78 is 28.8. The van der Waals surface area contributed by atoms with E-state index in [1.807, 2.05) is 55.6 Å². The molecule has 1 atom stereocenters. The van der Waals surface area contributed by atoms with E-state index in [-0.39, 0.29) is 10.9 Å². The summed E-state index contributed by atoms with van der Waals surface area (Å²) in [6.07, 6.45) is 2.52. The van der Waals surface area contributed by atoms with Crippen molar-refractivity contribution in [3.8, 4) is 0 Å². The average Bonchev–Trinajstić information content (AvgIpc) is 3.04. The molecule has 0 fully saturated rings. The van der Waals surface area contributed by atoms with Crippen LogP contribution in [0.1, 0.15) is 12.5 Å². The summed E-state index contributed by atoms with van der Waals surface area (Å²) in [5.41, 5.74) is 2.13. The van der Waals surface area contributed by atoms with Crippen LogP contribution < -0.4 is 4.72 Å². The van der Waals surface area contributed by atoms with Gasteiger partial charge in [-0.2, -0.15) is 0 Å². The molecule has 0 aliphatic heterocycles. The molecular weight excluding hydrogens is 380 g/mol. The minimum atomic E-state index is -3.71. The van der Waals surface area contributed by atoms with Gasteiger partial charge in [0.25, 0.3) is 0 Å². The van der Waals surface area contributed by atoms with Gasteiger partial charge in [0.05, 0.1) is 4.90 Å². The molecule has 1 unspecified atom stereocenters. The van der Waals surface area contributed by atoms with E-state index < -0.39 is 10.0 Å². The fourth-order valence-corrected chi connectivity index (χ4v) is 5.32. The summed E-state index contributed by atoms with van der Waals surface area (Å²) >= 11 is 6.29. The maximum Gasteiger partial charge on any atom is 0.241 e. The minimum Gasteiger partial charge on any atom is -0.361 e. The lowest BCUT2D eigenvalue weighted by atomic mass is 10.1. The Morgan fingerprint density at radius 1 is 1.04 bits per heavy atom. The van der Waals surface area contributed by atoms with Gasteiger partial charge in [0.2, 0.25) is 10.0 Å².